The molecule has 6 aliphatic heterocycles. The molecule has 6 aliphatic rings. The Morgan fingerprint density at radius 2 is 1.00 bits per heavy atom. The number of likely N-dealkylation sites (tertiary alicyclic amines) is 1. The standard InChI is InChI=1S/C12H22N2O2.C10H18O5.C7H6N2O4.C7H14N2.Al.Li.4H/c1-11(2,3)16-10(15)14-7-5-12(9-14)4-6-13-8-12;1-9(2,3)14-7(11)13-8(12)15-10(4,5)6;10-3-1-7(5(12)8-3)2-4(11)9-6(7)13;1-3-8-5-7(1)2-4-9-6-7;;;;;;/h13H,4-9H2,1-3H3;1-6H3;1-2H2,(H,8,10,12)(H,9,11,13);8-9H,1-6H2;;;;;;/q;;;;;+1;;;;-1. The molecule has 6 saturated heterocycles. The van der Waals surface area contributed by atoms with Crippen LogP contribution in [-0.4, -0.2) is 133 Å². The Hall–Kier alpha value is -2.70. The van der Waals surface area contributed by atoms with Crippen LogP contribution in [0.5, 0.6) is 0 Å². The maximum Gasteiger partial charge on any atom is 1.00 e. The van der Waals surface area contributed by atoms with Gasteiger partial charge in [0.1, 0.15) is 22.2 Å². The van der Waals surface area contributed by atoms with Crippen molar-refractivity contribution >= 4 is 59.4 Å². The second-order valence-corrected chi connectivity index (χ2v) is 17.7. The molecule has 0 bridgehead atoms. The van der Waals surface area contributed by atoms with Gasteiger partial charge in [-0.3, -0.25) is 29.8 Å². The van der Waals surface area contributed by atoms with Crippen LogP contribution in [0, 0.1) is 16.2 Å². The van der Waals surface area contributed by atoms with Gasteiger partial charge in [0.15, 0.2) is 17.4 Å². The van der Waals surface area contributed by atoms with E-state index in [9.17, 15) is 33.6 Å². The van der Waals surface area contributed by atoms with E-state index in [1.165, 1.54) is 45.4 Å². The molecule has 1 unspecified atom stereocenters. The number of carbonyl (C=O) groups excluding carboxylic acids is 7. The van der Waals surface area contributed by atoms with Crippen molar-refractivity contribution in [1.82, 2.24) is 31.5 Å². The number of ether oxygens (including phenoxy) is 4. The summed E-state index contributed by atoms with van der Waals surface area (Å²) in [6.45, 7) is 24.6. The van der Waals surface area contributed by atoms with Crippen LogP contribution in [0.25, 0.3) is 0 Å². The Balaban J connectivity index is 0.000000718. The van der Waals surface area contributed by atoms with Gasteiger partial charge in [-0.15, -0.1) is 0 Å². The Kier molecular flexibility index (Phi) is 18.4. The zero-order chi connectivity index (χ0) is 39.9. The van der Waals surface area contributed by atoms with E-state index in [4.69, 9.17) is 14.2 Å². The summed E-state index contributed by atoms with van der Waals surface area (Å²) in [5.41, 5.74) is -2.23. The minimum Gasteiger partial charge on any atom is -1.00 e. The Bertz CT molecular complexity index is 1320. The maximum absolute atomic E-state index is 11.9. The van der Waals surface area contributed by atoms with E-state index >= 15 is 0 Å². The quantitative estimate of drug-likeness (QED) is 0.0617. The summed E-state index contributed by atoms with van der Waals surface area (Å²) < 4.78 is 19.2. The van der Waals surface area contributed by atoms with Gasteiger partial charge in [-0.2, -0.15) is 0 Å². The number of carbonyl (C=O) groups is 7. The molecule has 0 aromatic carbocycles. The summed E-state index contributed by atoms with van der Waals surface area (Å²) in [4.78, 5) is 79.9. The van der Waals surface area contributed by atoms with E-state index in [1.807, 2.05) is 36.3 Å². The largest absolute Gasteiger partial charge is 1.00 e. The normalized spacial score (nSPS) is 23.2. The minimum absolute atomic E-state index is 0. The molecule has 6 heterocycles. The number of rotatable bonds is 0. The molecule has 17 nitrogen and oxygen atoms in total. The van der Waals surface area contributed by atoms with Crippen LogP contribution in [0.2, 0.25) is 0 Å². The van der Waals surface area contributed by atoms with Crippen LogP contribution in [0.4, 0.5) is 14.4 Å². The molecule has 6 rings (SSSR count). The van der Waals surface area contributed by atoms with Gasteiger partial charge in [-0.05, 0) is 113 Å². The molecular weight excluding hydrogens is 726 g/mol. The van der Waals surface area contributed by atoms with Crippen LogP contribution in [0.3, 0.4) is 0 Å². The first kappa shape index (κ1) is 50.3. The summed E-state index contributed by atoms with van der Waals surface area (Å²) in [5, 5.41) is 14.2. The summed E-state index contributed by atoms with van der Waals surface area (Å²) in [6, 6.07) is 0. The molecule has 55 heavy (non-hydrogen) atoms. The Morgan fingerprint density at radius 1 is 0.618 bits per heavy atom. The molecule has 5 N–H and O–H groups in total. The second kappa shape index (κ2) is 20.1. The van der Waals surface area contributed by atoms with Gasteiger partial charge >= 0.3 is 37.3 Å². The monoisotopic (exact) mass is 790 g/mol. The van der Waals surface area contributed by atoms with E-state index in [1.54, 1.807) is 41.5 Å². The SMILES string of the molecule is C1CC2(CCNC2)CN1.CC(C)(C)OC(=O)N1CCC2(CCNC2)C1.CC(C)(C)OC(=O)OC(=O)OC(C)(C)C.O=C1CC2(CC(=O)NC2=O)C(=O)N1.[AlH3].[H-].[Li+]. The zero-order valence-corrected chi connectivity index (χ0v) is 33.8. The van der Waals surface area contributed by atoms with Crippen molar-refractivity contribution in [3.05, 3.63) is 0 Å². The summed E-state index contributed by atoms with van der Waals surface area (Å²) in [6.07, 6.45) is 2.36. The smallest absolute Gasteiger partial charge is 1.00 e. The van der Waals surface area contributed by atoms with Crippen molar-refractivity contribution in [2.75, 3.05) is 52.4 Å². The van der Waals surface area contributed by atoms with Gasteiger partial charge in [-0.1, -0.05) is 0 Å². The number of hydrogen-bond acceptors (Lipinski definition) is 14. The van der Waals surface area contributed by atoms with Crippen LogP contribution in [0.1, 0.15) is 102 Å². The fraction of sp³-hybridized carbons (Fsp3) is 0.806. The molecule has 0 aliphatic carbocycles. The van der Waals surface area contributed by atoms with Gasteiger partial charge in [-0.25, -0.2) is 14.4 Å². The van der Waals surface area contributed by atoms with Crippen LogP contribution >= 0.6 is 0 Å². The summed E-state index contributed by atoms with van der Waals surface area (Å²) >= 11 is 0. The zero-order valence-electron chi connectivity index (χ0n) is 34.8. The Morgan fingerprint density at radius 3 is 1.31 bits per heavy atom. The molecule has 0 aromatic rings. The number of nitrogens with one attached hydrogen (secondary N) is 5. The van der Waals surface area contributed by atoms with E-state index in [0.29, 0.717) is 10.8 Å². The average Bonchev–Trinajstić information content (AvgIpc) is 3.84. The van der Waals surface area contributed by atoms with Crippen LogP contribution in [-0.2, 0) is 38.1 Å². The average molecular weight is 791 g/mol. The predicted molar refractivity (Wildman–Crippen MR) is 202 cm³/mol. The fourth-order valence-electron chi connectivity index (χ4n) is 6.74. The second-order valence-electron chi connectivity index (χ2n) is 17.7. The van der Waals surface area contributed by atoms with Crippen molar-refractivity contribution in [3.8, 4) is 0 Å². The van der Waals surface area contributed by atoms with Gasteiger partial charge in [0.2, 0.25) is 23.6 Å². The number of imide groups is 2. The van der Waals surface area contributed by atoms with E-state index in [0.717, 1.165) is 32.6 Å². The third kappa shape index (κ3) is 16.0. The van der Waals surface area contributed by atoms with Gasteiger partial charge in [0.05, 0.1) is 12.8 Å². The number of hydrogen-bond donors (Lipinski definition) is 5. The fourth-order valence-corrected chi connectivity index (χ4v) is 6.74. The van der Waals surface area contributed by atoms with Crippen LogP contribution < -0.4 is 45.4 Å². The Labute approximate surface area is 348 Å². The molecule has 5 amide bonds. The summed E-state index contributed by atoms with van der Waals surface area (Å²) in [7, 11) is 0. The van der Waals surface area contributed by atoms with Gasteiger partial charge < -0.3 is 41.2 Å². The van der Waals surface area contributed by atoms with Crippen molar-refractivity contribution in [2.24, 2.45) is 16.2 Å². The molecule has 0 saturated carbocycles. The molecule has 0 radical (unpaired) electrons. The molecule has 19 heteroatoms. The molecule has 1 atom stereocenters. The third-order valence-electron chi connectivity index (χ3n) is 9.33. The maximum atomic E-state index is 11.9. The number of amides is 5. The molecule has 6 fully saturated rings. The minimum atomic E-state index is -1.45. The summed E-state index contributed by atoms with van der Waals surface area (Å²) in [5.74, 6) is -2.34. The molecule has 3 spiro atoms. The van der Waals surface area contributed by atoms with Gasteiger partial charge in [0, 0.05) is 38.1 Å². The van der Waals surface area contributed by atoms with E-state index in [-0.39, 0.29) is 62.2 Å². The molecule has 0 aromatic heterocycles. The first-order valence-corrected chi connectivity index (χ1v) is 18.3. The predicted octanol–water partition coefficient (Wildman–Crippen LogP) is -1.56. The van der Waals surface area contributed by atoms with Crippen molar-refractivity contribution in [2.45, 2.75) is 118 Å². The number of nitrogens with zero attached hydrogens (tertiary/aromatic N) is 1. The molecular formula is C36H64AlLiN6O11. The van der Waals surface area contributed by atoms with Crippen LogP contribution in [0.15, 0.2) is 0 Å². The van der Waals surface area contributed by atoms with E-state index in [2.05, 4.69) is 20.7 Å². The van der Waals surface area contributed by atoms with Crippen molar-refractivity contribution < 1.29 is 72.8 Å². The van der Waals surface area contributed by atoms with Crippen molar-refractivity contribution in [1.29, 1.82) is 0 Å². The topological polar surface area (TPSA) is 220 Å². The first-order valence-electron chi connectivity index (χ1n) is 18.3. The van der Waals surface area contributed by atoms with Crippen molar-refractivity contribution in [3.63, 3.8) is 0 Å². The van der Waals surface area contributed by atoms with Gasteiger partial charge in [0.25, 0.3) is 0 Å². The molecule has 308 valence electrons. The first-order chi connectivity index (χ1) is 24.4. The van der Waals surface area contributed by atoms with E-state index < -0.39 is 52.6 Å². The third-order valence-corrected chi connectivity index (χ3v) is 9.33.